The smallest absolute Gasteiger partial charge is 0.238 e. The van der Waals surface area contributed by atoms with Crippen molar-refractivity contribution >= 4 is 11.6 Å². The van der Waals surface area contributed by atoms with Gasteiger partial charge in [-0.05, 0) is 18.1 Å². The van der Waals surface area contributed by atoms with E-state index in [1.807, 2.05) is 13.0 Å². The molecule has 2 rings (SSSR count). The lowest BCUT2D eigenvalue weighted by Gasteiger charge is -2.22. The van der Waals surface area contributed by atoms with Gasteiger partial charge in [0.2, 0.25) is 5.91 Å². The molecule has 1 aliphatic heterocycles. The van der Waals surface area contributed by atoms with Crippen molar-refractivity contribution in [3.63, 3.8) is 0 Å². The van der Waals surface area contributed by atoms with Crippen LogP contribution in [-0.2, 0) is 11.2 Å². The summed E-state index contributed by atoms with van der Waals surface area (Å²) in [5.41, 5.74) is 4.81. The number of amides is 1. The number of carbonyl (C=O) groups excluding carboxylic acids is 1. The van der Waals surface area contributed by atoms with Gasteiger partial charge < -0.3 is 4.90 Å². The number of benzene rings is 1. The lowest BCUT2D eigenvalue weighted by Crippen LogP contribution is -2.40. The SMILES string of the molecule is CC(CN1CCc2ccccc21)C(=O)NN. The third kappa shape index (κ3) is 2.02. The number of nitrogens with two attached hydrogens (primary N) is 1. The van der Waals surface area contributed by atoms with Crippen LogP contribution in [0.5, 0.6) is 0 Å². The summed E-state index contributed by atoms with van der Waals surface area (Å²) >= 11 is 0. The molecule has 1 heterocycles. The molecule has 0 aromatic heterocycles. The lowest BCUT2D eigenvalue weighted by molar-refractivity contribution is -0.124. The summed E-state index contributed by atoms with van der Waals surface area (Å²) in [7, 11) is 0. The summed E-state index contributed by atoms with van der Waals surface area (Å²) in [6.07, 6.45) is 1.06. The van der Waals surface area contributed by atoms with Crippen LogP contribution in [0.15, 0.2) is 24.3 Å². The Morgan fingerprint density at radius 1 is 1.56 bits per heavy atom. The van der Waals surface area contributed by atoms with Crippen molar-refractivity contribution in [2.75, 3.05) is 18.0 Å². The average Bonchev–Trinajstić information content (AvgIpc) is 2.72. The van der Waals surface area contributed by atoms with Gasteiger partial charge in [0.05, 0.1) is 5.92 Å². The number of hydrogen-bond donors (Lipinski definition) is 2. The molecular weight excluding hydrogens is 202 g/mol. The Hall–Kier alpha value is -1.55. The normalized spacial score (nSPS) is 15.8. The number of hydrogen-bond acceptors (Lipinski definition) is 3. The fourth-order valence-corrected chi connectivity index (χ4v) is 2.15. The topological polar surface area (TPSA) is 58.4 Å². The van der Waals surface area contributed by atoms with E-state index in [1.54, 1.807) is 0 Å². The van der Waals surface area contributed by atoms with Crippen molar-refractivity contribution in [2.45, 2.75) is 13.3 Å². The van der Waals surface area contributed by atoms with E-state index in [9.17, 15) is 4.79 Å². The van der Waals surface area contributed by atoms with Crippen molar-refractivity contribution in [1.82, 2.24) is 5.43 Å². The quantitative estimate of drug-likeness (QED) is 0.446. The average molecular weight is 219 g/mol. The first-order chi connectivity index (χ1) is 7.72. The van der Waals surface area contributed by atoms with Crippen LogP contribution in [0, 0.1) is 5.92 Å². The van der Waals surface area contributed by atoms with Gasteiger partial charge in [0.1, 0.15) is 0 Å². The van der Waals surface area contributed by atoms with Gasteiger partial charge >= 0.3 is 0 Å². The molecule has 0 radical (unpaired) electrons. The predicted molar refractivity (Wildman–Crippen MR) is 63.9 cm³/mol. The summed E-state index contributed by atoms with van der Waals surface area (Å²) in [5.74, 6) is 4.93. The molecule has 86 valence electrons. The monoisotopic (exact) mass is 219 g/mol. The highest BCUT2D eigenvalue weighted by Crippen LogP contribution is 2.27. The molecule has 1 aliphatic rings. The Balaban J connectivity index is 2.06. The molecule has 0 saturated carbocycles. The summed E-state index contributed by atoms with van der Waals surface area (Å²) in [5, 5.41) is 0. The maximum absolute atomic E-state index is 11.3. The fraction of sp³-hybridized carbons (Fsp3) is 0.417. The van der Waals surface area contributed by atoms with Crippen LogP contribution in [0.1, 0.15) is 12.5 Å². The van der Waals surface area contributed by atoms with Gasteiger partial charge in [-0.3, -0.25) is 10.2 Å². The van der Waals surface area contributed by atoms with E-state index >= 15 is 0 Å². The Labute approximate surface area is 95.4 Å². The van der Waals surface area contributed by atoms with E-state index in [-0.39, 0.29) is 11.8 Å². The molecule has 1 aromatic carbocycles. The predicted octanol–water partition coefficient (Wildman–Crippen LogP) is 0.675. The number of rotatable bonds is 3. The first kappa shape index (κ1) is 11.0. The van der Waals surface area contributed by atoms with E-state index in [0.717, 1.165) is 19.5 Å². The molecule has 1 unspecified atom stereocenters. The Morgan fingerprint density at radius 2 is 2.31 bits per heavy atom. The van der Waals surface area contributed by atoms with Crippen LogP contribution < -0.4 is 16.2 Å². The molecule has 16 heavy (non-hydrogen) atoms. The number of carbonyl (C=O) groups is 1. The second kappa shape index (κ2) is 4.53. The number of para-hydroxylation sites is 1. The first-order valence-electron chi connectivity index (χ1n) is 5.55. The molecule has 1 aromatic rings. The maximum Gasteiger partial charge on any atom is 0.238 e. The van der Waals surface area contributed by atoms with Crippen LogP contribution in [0.3, 0.4) is 0 Å². The van der Waals surface area contributed by atoms with E-state index in [1.165, 1.54) is 11.3 Å². The Morgan fingerprint density at radius 3 is 3.06 bits per heavy atom. The largest absolute Gasteiger partial charge is 0.370 e. The van der Waals surface area contributed by atoms with Crippen LogP contribution >= 0.6 is 0 Å². The Kier molecular flexibility index (Phi) is 3.10. The summed E-state index contributed by atoms with van der Waals surface area (Å²) in [6, 6.07) is 8.33. The highest BCUT2D eigenvalue weighted by atomic mass is 16.2. The van der Waals surface area contributed by atoms with Gasteiger partial charge in [-0.25, -0.2) is 5.84 Å². The van der Waals surface area contributed by atoms with E-state index in [0.29, 0.717) is 0 Å². The Bertz CT molecular complexity index is 392. The standard InChI is InChI=1S/C12H17N3O/c1-9(12(16)14-13)8-15-7-6-10-4-2-3-5-11(10)15/h2-5,9H,6-8,13H2,1H3,(H,14,16). The first-order valence-corrected chi connectivity index (χ1v) is 5.55. The minimum atomic E-state index is -0.107. The van der Waals surface area contributed by atoms with Gasteiger partial charge in [0.25, 0.3) is 0 Å². The molecule has 1 amide bonds. The van der Waals surface area contributed by atoms with E-state index in [4.69, 9.17) is 5.84 Å². The zero-order chi connectivity index (χ0) is 11.5. The highest BCUT2D eigenvalue weighted by Gasteiger charge is 2.22. The van der Waals surface area contributed by atoms with Crippen molar-refractivity contribution in [3.05, 3.63) is 29.8 Å². The second-order valence-corrected chi connectivity index (χ2v) is 4.23. The van der Waals surface area contributed by atoms with Crippen LogP contribution in [0.25, 0.3) is 0 Å². The molecule has 0 fully saturated rings. The fourth-order valence-electron chi connectivity index (χ4n) is 2.15. The summed E-state index contributed by atoms with van der Waals surface area (Å²) in [6.45, 7) is 3.60. The van der Waals surface area contributed by atoms with E-state index in [2.05, 4.69) is 28.5 Å². The van der Waals surface area contributed by atoms with Crippen molar-refractivity contribution in [1.29, 1.82) is 0 Å². The number of hydrazine groups is 1. The van der Waals surface area contributed by atoms with E-state index < -0.39 is 0 Å². The van der Waals surface area contributed by atoms with Gasteiger partial charge in [-0.2, -0.15) is 0 Å². The maximum atomic E-state index is 11.3. The van der Waals surface area contributed by atoms with Crippen molar-refractivity contribution in [2.24, 2.45) is 11.8 Å². The third-order valence-corrected chi connectivity index (χ3v) is 3.07. The second-order valence-electron chi connectivity index (χ2n) is 4.23. The highest BCUT2D eigenvalue weighted by molar-refractivity contribution is 5.78. The molecule has 4 nitrogen and oxygen atoms in total. The molecule has 3 N–H and O–H groups in total. The minimum absolute atomic E-state index is 0.0869. The van der Waals surface area contributed by atoms with Gasteiger partial charge in [-0.15, -0.1) is 0 Å². The molecule has 0 spiro atoms. The molecule has 1 atom stereocenters. The zero-order valence-corrected chi connectivity index (χ0v) is 9.44. The third-order valence-electron chi connectivity index (χ3n) is 3.07. The number of nitrogens with one attached hydrogen (secondary N) is 1. The number of nitrogens with zero attached hydrogens (tertiary/aromatic N) is 1. The summed E-state index contributed by atoms with van der Waals surface area (Å²) in [4.78, 5) is 13.6. The van der Waals surface area contributed by atoms with Crippen LogP contribution in [-0.4, -0.2) is 19.0 Å². The lowest BCUT2D eigenvalue weighted by atomic mass is 10.1. The molecule has 0 saturated heterocycles. The zero-order valence-electron chi connectivity index (χ0n) is 9.44. The van der Waals surface area contributed by atoms with Gasteiger partial charge in [0.15, 0.2) is 0 Å². The van der Waals surface area contributed by atoms with Crippen LogP contribution in [0.4, 0.5) is 5.69 Å². The molecular formula is C12H17N3O. The van der Waals surface area contributed by atoms with Crippen molar-refractivity contribution in [3.8, 4) is 0 Å². The number of fused-ring (bicyclic) bond motifs is 1. The summed E-state index contributed by atoms with van der Waals surface area (Å²) < 4.78 is 0. The molecule has 0 bridgehead atoms. The molecule has 0 aliphatic carbocycles. The number of anilines is 1. The molecule has 4 heteroatoms. The van der Waals surface area contributed by atoms with Gasteiger partial charge in [-0.1, -0.05) is 25.1 Å². The minimum Gasteiger partial charge on any atom is -0.370 e. The van der Waals surface area contributed by atoms with Crippen LogP contribution in [0.2, 0.25) is 0 Å². The van der Waals surface area contributed by atoms with Crippen molar-refractivity contribution < 1.29 is 4.79 Å². The van der Waals surface area contributed by atoms with Gasteiger partial charge in [0, 0.05) is 18.8 Å².